The number of nitrogens with two attached hydrogens (primary N) is 3. The Morgan fingerprint density at radius 1 is 0.679 bits per heavy atom. The van der Waals surface area contributed by atoms with Crippen LogP contribution in [-0.4, -0.2) is 155 Å². The van der Waals surface area contributed by atoms with Crippen LogP contribution in [0.2, 0.25) is 0 Å². The summed E-state index contributed by atoms with van der Waals surface area (Å²) in [4.78, 5) is 151. The molecule has 0 unspecified atom stereocenters. The molecule has 2 saturated heterocycles. The zero-order valence-corrected chi connectivity index (χ0v) is 50.1. The summed E-state index contributed by atoms with van der Waals surface area (Å²) in [6.07, 6.45) is 9.42. The van der Waals surface area contributed by atoms with Crippen LogP contribution in [0.15, 0.2) is 54.6 Å². The van der Waals surface area contributed by atoms with Crippen LogP contribution in [-0.2, 0) is 65.6 Å². The fourth-order valence-corrected chi connectivity index (χ4v) is 11.9. The summed E-state index contributed by atoms with van der Waals surface area (Å²) in [5, 5.41) is 31.6. The lowest BCUT2D eigenvalue weighted by Crippen LogP contribution is -2.61. The molecule has 2 aliphatic rings. The third-order valence-electron chi connectivity index (χ3n) is 14.2. The minimum absolute atomic E-state index is 0.0130. The van der Waals surface area contributed by atoms with Gasteiger partial charge in [0.25, 0.3) is 0 Å². The molecule has 7 atom stereocenters. The Kier molecular flexibility index (Phi) is 31.6. The molecule has 15 N–H and O–H groups in total. The maximum Gasteiger partial charge on any atom is 0.246 e. The Hall–Kier alpha value is -6.93. The number of amides is 11. The van der Waals surface area contributed by atoms with E-state index in [2.05, 4.69) is 42.5 Å². The third kappa shape index (κ3) is 26.3. The predicted molar refractivity (Wildman–Crippen MR) is 321 cm³/mol. The number of aromatic hydroxyl groups is 1. The van der Waals surface area contributed by atoms with Crippen LogP contribution in [0.3, 0.4) is 0 Å². The average molecular weight is 1210 g/mol. The quantitative estimate of drug-likeness (QED) is 0.0402. The molecule has 2 fully saturated rings. The highest BCUT2D eigenvalue weighted by molar-refractivity contribution is 8.76. The molecule has 84 heavy (non-hydrogen) atoms. The van der Waals surface area contributed by atoms with E-state index in [4.69, 9.17) is 17.2 Å². The molecule has 11 amide bonds. The van der Waals surface area contributed by atoms with Crippen molar-refractivity contribution in [3.05, 3.63) is 65.7 Å². The van der Waals surface area contributed by atoms with E-state index in [1.165, 1.54) is 27.8 Å². The van der Waals surface area contributed by atoms with Gasteiger partial charge in [-0.05, 0) is 87.1 Å². The van der Waals surface area contributed by atoms with E-state index in [0.717, 1.165) is 62.2 Å². The summed E-state index contributed by atoms with van der Waals surface area (Å²) in [7, 11) is 2.28. The fourth-order valence-electron chi connectivity index (χ4n) is 9.71. The number of phenolic OH excluding ortho intramolecular Hbond substituents is 1. The van der Waals surface area contributed by atoms with Crippen LogP contribution in [0, 0.1) is 5.92 Å². The molecular weight excluding hydrogens is 1120 g/mol. The second-order valence-electron chi connectivity index (χ2n) is 21.7. The van der Waals surface area contributed by atoms with Gasteiger partial charge >= 0.3 is 0 Å². The number of carbonyl (C=O) groups excluding carboxylic acids is 11. The van der Waals surface area contributed by atoms with Gasteiger partial charge in [-0.25, -0.2) is 0 Å². The second kappa shape index (κ2) is 38.1. The number of nitrogens with one attached hydrogen (secondary N) is 8. The van der Waals surface area contributed by atoms with Gasteiger partial charge in [0.2, 0.25) is 65.0 Å². The van der Waals surface area contributed by atoms with Gasteiger partial charge in [-0.2, -0.15) is 0 Å². The molecule has 0 bridgehead atoms. The highest BCUT2D eigenvalue weighted by Crippen LogP contribution is 2.26. The Bertz CT molecular complexity index is 2490. The zero-order chi connectivity index (χ0) is 61.4. The molecule has 0 spiro atoms. The largest absolute Gasteiger partial charge is 0.508 e. The minimum atomic E-state index is -1.66. The standard InChI is InChI=1S/C58H88N12O12S2/c1-37(2)31-42-53(77)68-45(34-48(60)72)56(80)69-46(36-84-83-30-26-51(75)64-43(33-39-22-24-40(71)25-23-39)54(78)67-44(55(79)66-42)32-38-17-10-9-11-18-38)58(82)70-29-16-20-47(70)57(81)65-41(52(76)63-35-49(61)73)19-13-15-28-62-50(74)21-12-7-5-3-4-6-8-14-27-59/h9-11,17-18,22-25,37,41-47,71H,3-8,12-16,19-21,26-36,59H2,1-2H3,(H2,60,72)(H2,61,73)(H,62,74)(H,63,76)(H,64,75)(H,65,81)(H,66,79)(H,67,78)(H,68,77)(H,69,80)/t41-,42-,43-,44-,45-,46-,47-/m0/s1. The molecule has 0 aliphatic carbocycles. The highest BCUT2D eigenvalue weighted by Gasteiger charge is 2.40. The van der Waals surface area contributed by atoms with Crippen molar-refractivity contribution < 1.29 is 57.8 Å². The van der Waals surface area contributed by atoms with Crippen LogP contribution < -0.4 is 59.7 Å². The lowest BCUT2D eigenvalue weighted by atomic mass is 9.99. The molecule has 0 aromatic heterocycles. The van der Waals surface area contributed by atoms with Gasteiger partial charge in [-0.15, -0.1) is 0 Å². The Morgan fingerprint density at radius 3 is 1.92 bits per heavy atom. The SMILES string of the molecule is CC(C)C[C@@H]1NC(=O)[C@H](Cc2ccccc2)NC(=O)[C@H](Cc2ccc(O)cc2)NC(=O)CCSSC[C@@H](C(=O)N2CCC[C@H]2C(=O)N[C@@H](CCCCNC(=O)CCCCCCCCCCN)C(=O)NCC(N)=O)NC(=O)[C@H](CC(N)=O)NC1=O. The second-order valence-corrected chi connectivity index (χ2v) is 24.4. The number of nitrogens with zero attached hydrogens (tertiary/aromatic N) is 1. The van der Waals surface area contributed by atoms with Crippen LogP contribution in [0.4, 0.5) is 0 Å². The van der Waals surface area contributed by atoms with E-state index >= 15 is 0 Å². The normalized spacial score (nSPS) is 20.7. The number of hydrogen-bond donors (Lipinski definition) is 12. The van der Waals surface area contributed by atoms with Crippen molar-refractivity contribution in [1.82, 2.24) is 47.4 Å². The maximum absolute atomic E-state index is 14.8. The smallest absolute Gasteiger partial charge is 0.246 e. The van der Waals surface area contributed by atoms with E-state index in [1.807, 2.05) is 0 Å². The van der Waals surface area contributed by atoms with Crippen molar-refractivity contribution >= 4 is 86.6 Å². The molecule has 26 heteroatoms. The first-order valence-corrected chi connectivity index (χ1v) is 31.7. The summed E-state index contributed by atoms with van der Waals surface area (Å²) in [6.45, 7) is 4.20. The van der Waals surface area contributed by atoms with Crippen LogP contribution in [0.5, 0.6) is 5.75 Å². The van der Waals surface area contributed by atoms with Crippen LogP contribution >= 0.6 is 21.6 Å². The minimum Gasteiger partial charge on any atom is -0.508 e. The summed E-state index contributed by atoms with van der Waals surface area (Å²) < 4.78 is 0. The molecule has 24 nitrogen and oxygen atoms in total. The summed E-state index contributed by atoms with van der Waals surface area (Å²) in [5.74, 6) is -8.05. The number of unbranched alkanes of at least 4 members (excludes halogenated alkanes) is 8. The van der Waals surface area contributed by atoms with Gasteiger partial charge in [0, 0.05) is 50.3 Å². The molecule has 2 aromatic rings. The highest BCUT2D eigenvalue weighted by atomic mass is 33.1. The molecule has 2 aromatic carbocycles. The summed E-state index contributed by atoms with van der Waals surface area (Å²) in [6, 6.07) is 5.66. The number of primary amides is 2. The first-order chi connectivity index (χ1) is 40.2. The lowest BCUT2D eigenvalue weighted by Gasteiger charge is -2.31. The van der Waals surface area contributed by atoms with Crippen LogP contribution in [0.1, 0.15) is 134 Å². The van der Waals surface area contributed by atoms with E-state index in [1.54, 1.807) is 56.3 Å². The van der Waals surface area contributed by atoms with Crippen molar-refractivity contribution in [1.29, 1.82) is 0 Å². The van der Waals surface area contributed by atoms with E-state index in [0.29, 0.717) is 49.9 Å². The first kappa shape index (κ1) is 69.6. The molecule has 4 rings (SSSR count). The van der Waals surface area contributed by atoms with Crippen molar-refractivity contribution in [2.24, 2.45) is 23.1 Å². The Labute approximate surface area is 500 Å². The van der Waals surface area contributed by atoms with Gasteiger partial charge < -0.3 is 69.7 Å². The van der Waals surface area contributed by atoms with E-state index in [-0.39, 0.29) is 74.1 Å². The monoisotopic (exact) mass is 1210 g/mol. The lowest BCUT2D eigenvalue weighted by molar-refractivity contribution is -0.142. The van der Waals surface area contributed by atoms with Gasteiger partial charge in [0.15, 0.2) is 0 Å². The Balaban J connectivity index is 1.55. The number of phenols is 1. The molecule has 464 valence electrons. The number of rotatable bonds is 29. The molecule has 0 saturated carbocycles. The topological polar surface area (TPSA) is 386 Å². The molecular formula is C58H88N12O12S2. The number of benzene rings is 2. The zero-order valence-electron chi connectivity index (χ0n) is 48.4. The summed E-state index contributed by atoms with van der Waals surface area (Å²) in [5.41, 5.74) is 17.7. The Morgan fingerprint density at radius 2 is 1.27 bits per heavy atom. The van der Waals surface area contributed by atoms with E-state index < -0.39 is 114 Å². The van der Waals surface area contributed by atoms with Gasteiger partial charge in [0.1, 0.15) is 48.0 Å². The van der Waals surface area contributed by atoms with Crippen LogP contribution in [0.25, 0.3) is 0 Å². The fraction of sp³-hybridized carbons (Fsp3) is 0.603. The maximum atomic E-state index is 14.8. The molecule has 2 heterocycles. The van der Waals surface area contributed by atoms with Gasteiger partial charge in [-0.3, -0.25) is 52.7 Å². The number of likely N-dealkylation sites (tertiary alicyclic amines) is 1. The third-order valence-corrected chi connectivity index (χ3v) is 16.6. The van der Waals surface area contributed by atoms with Gasteiger partial charge in [0.05, 0.1) is 13.0 Å². The first-order valence-electron chi connectivity index (χ1n) is 29.2. The summed E-state index contributed by atoms with van der Waals surface area (Å²) >= 11 is 0. The molecule has 0 radical (unpaired) electrons. The van der Waals surface area contributed by atoms with Crippen molar-refractivity contribution in [3.63, 3.8) is 0 Å². The molecule has 2 aliphatic heterocycles. The number of carbonyl (C=O) groups is 11. The predicted octanol–water partition coefficient (Wildman–Crippen LogP) is 1.14. The van der Waals surface area contributed by atoms with Crippen molar-refractivity contribution in [2.75, 3.05) is 37.7 Å². The average Bonchev–Trinajstić information content (AvgIpc) is 4.02. The number of hydrogen-bond acceptors (Lipinski definition) is 15. The van der Waals surface area contributed by atoms with Crippen molar-refractivity contribution in [3.8, 4) is 5.75 Å². The van der Waals surface area contributed by atoms with Gasteiger partial charge in [-0.1, -0.05) is 116 Å². The van der Waals surface area contributed by atoms with E-state index in [9.17, 15) is 57.8 Å². The van der Waals surface area contributed by atoms with Crippen molar-refractivity contribution in [2.45, 2.75) is 178 Å².